The first kappa shape index (κ1) is 22.1. The highest BCUT2D eigenvalue weighted by Gasteiger charge is 2.52. The molecule has 1 atom stereocenters. The number of ether oxygens (including phenoxy) is 2. The third-order valence-electron chi connectivity index (χ3n) is 6.47. The molecule has 2 saturated heterocycles. The fraction of sp³-hybridized carbons (Fsp3) is 0.565. The standard InChI is InChI=1S/C23H31BN2O5/c1-16(27)29-15-18-12-17(19-13-25-26(14-19)21-8-6-7-11-28-21)9-10-20(18)24-30-22(2,3)23(4,5)31-24/h9-10,12-14,21H,6-8,11,15H2,1-5H3. The van der Waals surface area contributed by atoms with E-state index < -0.39 is 18.3 Å². The number of hydrogen-bond donors (Lipinski definition) is 0. The van der Waals surface area contributed by atoms with Crippen LogP contribution >= 0.6 is 0 Å². The summed E-state index contributed by atoms with van der Waals surface area (Å²) in [4.78, 5) is 11.5. The van der Waals surface area contributed by atoms with E-state index in [1.165, 1.54) is 6.92 Å². The third-order valence-corrected chi connectivity index (χ3v) is 6.47. The van der Waals surface area contributed by atoms with Crippen LogP contribution in [0.4, 0.5) is 0 Å². The van der Waals surface area contributed by atoms with Crippen molar-refractivity contribution < 1.29 is 23.6 Å². The lowest BCUT2D eigenvalue weighted by molar-refractivity contribution is -0.142. The van der Waals surface area contributed by atoms with Crippen LogP contribution in [0.15, 0.2) is 30.6 Å². The van der Waals surface area contributed by atoms with Gasteiger partial charge < -0.3 is 18.8 Å². The molecule has 1 aromatic heterocycles. The molecule has 3 heterocycles. The highest BCUT2D eigenvalue weighted by Crippen LogP contribution is 2.37. The fourth-order valence-corrected chi connectivity index (χ4v) is 3.87. The molecule has 2 aliphatic rings. The Labute approximate surface area is 184 Å². The first-order chi connectivity index (χ1) is 14.7. The molecule has 2 aliphatic heterocycles. The quantitative estimate of drug-likeness (QED) is 0.538. The Morgan fingerprint density at radius 3 is 2.58 bits per heavy atom. The molecule has 0 radical (unpaired) electrons. The Hall–Kier alpha value is -2.16. The lowest BCUT2D eigenvalue weighted by atomic mass is 9.75. The lowest BCUT2D eigenvalue weighted by Gasteiger charge is -2.32. The van der Waals surface area contributed by atoms with Crippen LogP contribution in [0, 0.1) is 0 Å². The van der Waals surface area contributed by atoms with Crippen LogP contribution in [0.1, 0.15) is 65.7 Å². The molecule has 0 saturated carbocycles. The van der Waals surface area contributed by atoms with Crippen LogP contribution in [0.3, 0.4) is 0 Å². The lowest BCUT2D eigenvalue weighted by Crippen LogP contribution is -2.41. The van der Waals surface area contributed by atoms with E-state index in [0.717, 1.165) is 48.0 Å². The second-order valence-electron chi connectivity index (χ2n) is 9.31. The molecule has 4 rings (SSSR count). The Bertz CT molecular complexity index is 933. The molecule has 0 bridgehead atoms. The Kier molecular flexibility index (Phi) is 5.98. The monoisotopic (exact) mass is 426 g/mol. The van der Waals surface area contributed by atoms with Crippen molar-refractivity contribution in [3.8, 4) is 11.1 Å². The molecular weight excluding hydrogens is 395 g/mol. The summed E-state index contributed by atoms with van der Waals surface area (Å²) < 4.78 is 25.5. The third kappa shape index (κ3) is 4.56. The van der Waals surface area contributed by atoms with Crippen molar-refractivity contribution >= 4 is 18.6 Å². The van der Waals surface area contributed by atoms with Gasteiger partial charge >= 0.3 is 13.1 Å². The van der Waals surface area contributed by atoms with E-state index in [9.17, 15) is 4.79 Å². The van der Waals surface area contributed by atoms with Gasteiger partial charge in [-0.1, -0.05) is 12.1 Å². The number of benzene rings is 1. The summed E-state index contributed by atoms with van der Waals surface area (Å²) in [5.74, 6) is -0.326. The number of aromatic nitrogens is 2. The predicted octanol–water partition coefficient (Wildman–Crippen LogP) is 3.61. The largest absolute Gasteiger partial charge is 0.495 e. The SMILES string of the molecule is CC(=O)OCc1cc(-c2cnn(C3CCCCO3)c2)ccc1B1OC(C)(C)C(C)(C)O1. The van der Waals surface area contributed by atoms with Gasteiger partial charge in [-0.05, 0) is 69.6 Å². The van der Waals surface area contributed by atoms with E-state index in [4.69, 9.17) is 18.8 Å². The van der Waals surface area contributed by atoms with Crippen molar-refractivity contribution in [1.29, 1.82) is 0 Å². The van der Waals surface area contributed by atoms with E-state index in [1.54, 1.807) is 0 Å². The number of hydrogen-bond acceptors (Lipinski definition) is 6. The first-order valence-corrected chi connectivity index (χ1v) is 10.9. The highest BCUT2D eigenvalue weighted by molar-refractivity contribution is 6.62. The minimum Gasteiger partial charge on any atom is -0.461 e. The summed E-state index contributed by atoms with van der Waals surface area (Å²) >= 11 is 0. The molecule has 7 nitrogen and oxygen atoms in total. The van der Waals surface area contributed by atoms with Gasteiger partial charge in [-0.3, -0.25) is 4.79 Å². The Morgan fingerprint density at radius 2 is 1.94 bits per heavy atom. The van der Waals surface area contributed by atoms with Gasteiger partial charge in [-0.2, -0.15) is 5.10 Å². The van der Waals surface area contributed by atoms with Crippen molar-refractivity contribution in [2.24, 2.45) is 0 Å². The molecule has 0 amide bonds. The zero-order valence-electron chi connectivity index (χ0n) is 19.0. The molecule has 166 valence electrons. The van der Waals surface area contributed by atoms with E-state index in [0.29, 0.717) is 0 Å². The summed E-state index contributed by atoms with van der Waals surface area (Å²) in [6.45, 7) is 10.4. The molecule has 2 aromatic rings. The second-order valence-corrected chi connectivity index (χ2v) is 9.31. The summed E-state index contributed by atoms with van der Waals surface area (Å²) in [5, 5.41) is 4.51. The number of carbonyl (C=O) groups is 1. The molecule has 1 aromatic carbocycles. The van der Waals surface area contributed by atoms with Crippen molar-refractivity contribution in [3.63, 3.8) is 0 Å². The van der Waals surface area contributed by atoms with Crippen molar-refractivity contribution in [1.82, 2.24) is 9.78 Å². The van der Waals surface area contributed by atoms with Crippen LogP contribution in [0.5, 0.6) is 0 Å². The zero-order valence-corrected chi connectivity index (χ0v) is 19.0. The van der Waals surface area contributed by atoms with Gasteiger partial charge in [0.2, 0.25) is 0 Å². The highest BCUT2D eigenvalue weighted by atomic mass is 16.7. The number of carbonyl (C=O) groups excluding carboxylic acids is 1. The predicted molar refractivity (Wildman–Crippen MR) is 118 cm³/mol. The smallest absolute Gasteiger partial charge is 0.461 e. The summed E-state index contributed by atoms with van der Waals surface area (Å²) in [7, 11) is -0.525. The van der Waals surface area contributed by atoms with Crippen molar-refractivity contribution in [2.45, 2.75) is 77.9 Å². The first-order valence-electron chi connectivity index (χ1n) is 10.9. The molecular formula is C23H31BN2O5. The van der Waals surface area contributed by atoms with E-state index >= 15 is 0 Å². The fourth-order valence-electron chi connectivity index (χ4n) is 3.87. The van der Waals surface area contributed by atoms with E-state index in [2.05, 4.69) is 5.10 Å². The molecule has 31 heavy (non-hydrogen) atoms. The van der Waals surface area contributed by atoms with Gasteiger partial charge in [0.1, 0.15) is 12.8 Å². The van der Waals surface area contributed by atoms with Gasteiger partial charge in [-0.25, -0.2) is 4.68 Å². The summed E-state index contributed by atoms with van der Waals surface area (Å²) in [6, 6.07) is 6.04. The van der Waals surface area contributed by atoms with Gasteiger partial charge in [0.25, 0.3) is 0 Å². The minimum absolute atomic E-state index is 0.00737. The van der Waals surface area contributed by atoms with Gasteiger partial charge in [0.05, 0.1) is 17.4 Å². The maximum atomic E-state index is 11.5. The number of esters is 1. The maximum absolute atomic E-state index is 11.5. The minimum atomic E-state index is -0.525. The number of rotatable bonds is 5. The average Bonchev–Trinajstić information content (AvgIpc) is 3.29. The van der Waals surface area contributed by atoms with Crippen LogP contribution < -0.4 is 5.46 Å². The summed E-state index contributed by atoms with van der Waals surface area (Å²) in [5.41, 5.74) is 2.80. The normalized spacial score (nSPS) is 22.5. The van der Waals surface area contributed by atoms with Gasteiger partial charge in [0, 0.05) is 25.3 Å². The van der Waals surface area contributed by atoms with E-state index in [-0.39, 0.29) is 18.8 Å². The zero-order chi connectivity index (χ0) is 22.2. The molecule has 8 heteroatoms. The van der Waals surface area contributed by atoms with Crippen molar-refractivity contribution in [2.75, 3.05) is 6.61 Å². The molecule has 1 unspecified atom stereocenters. The Morgan fingerprint density at radius 1 is 1.19 bits per heavy atom. The van der Waals surface area contributed by atoms with E-state index in [1.807, 2.05) is 63.0 Å². The molecule has 0 spiro atoms. The number of nitrogens with zero attached hydrogens (tertiary/aromatic N) is 2. The van der Waals surface area contributed by atoms with Gasteiger partial charge in [-0.15, -0.1) is 0 Å². The molecule has 0 aliphatic carbocycles. The molecule has 2 fully saturated rings. The van der Waals surface area contributed by atoms with Crippen LogP contribution in [-0.4, -0.2) is 40.7 Å². The van der Waals surface area contributed by atoms with Crippen LogP contribution in [0.2, 0.25) is 0 Å². The average molecular weight is 426 g/mol. The molecule has 0 N–H and O–H groups in total. The van der Waals surface area contributed by atoms with Crippen LogP contribution in [0.25, 0.3) is 11.1 Å². The van der Waals surface area contributed by atoms with Crippen LogP contribution in [-0.2, 0) is 30.2 Å². The van der Waals surface area contributed by atoms with Crippen molar-refractivity contribution in [3.05, 3.63) is 36.2 Å². The Balaban J connectivity index is 1.63. The maximum Gasteiger partial charge on any atom is 0.495 e. The second kappa shape index (κ2) is 8.41. The topological polar surface area (TPSA) is 71.8 Å². The van der Waals surface area contributed by atoms with Gasteiger partial charge in [0.15, 0.2) is 0 Å². The summed E-state index contributed by atoms with van der Waals surface area (Å²) in [6.07, 6.45) is 7.07.